The van der Waals surface area contributed by atoms with E-state index in [1.54, 1.807) is 18.9 Å². The van der Waals surface area contributed by atoms with Crippen LogP contribution in [0.25, 0.3) is 0 Å². The Morgan fingerprint density at radius 1 is 1.39 bits per heavy atom. The van der Waals surface area contributed by atoms with Crippen LogP contribution in [0.1, 0.15) is 13.3 Å². The zero-order valence-corrected chi connectivity index (χ0v) is 10.8. The SMILES string of the molecule is CCOC(=O)CNC(=O)N1CCCN(C)C(=O)C1. The normalized spacial score (nSPS) is 16.2. The minimum atomic E-state index is -0.482. The van der Waals surface area contributed by atoms with E-state index in [4.69, 9.17) is 4.74 Å². The maximum Gasteiger partial charge on any atom is 0.325 e. The molecule has 0 saturated carbocycles. The fourth-order valence-electron chi connectivity index (χ4n) is 1.63. The molecule has 0 atom stereocenters. The van der Waals surface area contributed by atoms with Gasteiger partial charge in [0.1, 0.15) is 13.1 Å². The molecule has 1 N–H and O–H groups in total. The number of carbonyl (C=O) groups excluding carboxylic acids is 3. The lowest BCUT2D eigenvalue weighted by molar-refractivity contribution is -0.141. The van der Waals surface area contributed by atoms with Crippen molar-refractivity contribution in [2.24, 2.45) is 0 Å². The first-order valence-electron chi connectivity index (χ1n) is 5.97. The van der Waals surface area contributed by atoms with Gasteiger partial charge in [-0.15, -0.1) is 0 Å². The molecule has 102 valence electrons. The van der Waals surface area contributed by atoms with E-state index < -0.39 is 12.0 Å². The third kappa shape index (κ3) is 4.23. The zero-order chi connectivity index (χ0) is 13.5. The van der Waals surface area contributed by atoms with Gasteiger partial charge in [-0.1, -0.05) is 0 Å². The summed E-state index contributed by atoms with van der Waals surface area (Å²) >= 11 is 0. The number of hydrogen-bond donors (Lipinski definition) is 1. The number of hydrogen-bond acceptors (Lipinski definition) is 4. The molecule has 3 amide bonds. The number of ether oxygens (including phenoxy) is 1. The number of amides is 3. The second-order valence-corrected chi connectivity index (χ2v) is 4.05. The summed E-state index contributed by atoms with van der Waals surface area (Å²) in [5.74, 6) is -0.581. The third-order valence-corrected chi connectivity index (χ3v) is 2.65. The van der Waals surface area contributed by atoms with Crippen molar-refractivity contribution in [3.8, 4) is 0 Å². The van der Waals surface area contributed by atoms with E-state index in [0.29, 0.717) is 13.1 Å². The summed E-state index contributed by atoms with van der Waals surface area (Å²) in [6.45, 7) is 2.99. The van der Waals surface area contributed by atoms with Crippen LogP contribution in [0.15, 0.2) is 0 Å². The molecule has 1 heterocycles. The summed E-state index contributed by atoms with van der Waals surface area (Å²) in [5, 5.41) is 2.44. The first kappa shape index (κ1) is 14.3. The highest BCUT2D eigenvalue weighted by Gasteiger charge is 2.22. The van der Waals surface area contributed by atoms with Crippen LogP contribution in [0.2, 0.25) is 0 Å². The van der Waals surface area contributed by atoms with Crippen molar-refractivity contribution < 1.29 is 19.1 Å². The summed E-state index contributed by atoms with van der Waals surface area (Å²) in [5.41, 5.74) is 0. The predicted molar refractivity (Wildman–Crippen MR) is 63.9 cm³/mol. The Balaban J connectivity index is 2.41. The van der Waals surface area contributed by atoms with Gasteiger partial charge in [0.2, 0.25) is 5.91 Å². The molecular formula is C11H19N3O4. The monoisotopic (exact) mass is 257 g/mol. The van der Waals surface area contributed by atoms with E-state index >= 15 is 0 Å². The number of likely N-dealkylation sites (N-methyl/N-ethyl adjacent to an activating group) is 1. The zero-order valence-electron chi connectivity index (χ0n) is 10.8. The lowest BCUT2D eigenvalue weighted by Crippen LogP contribution is -2.45. The number of rotatable bonds is 3. The second kappa shape index (κ2) is 6.83. The molecule has 7 nitrogen and oxygen atoms in total. The standard InChI is InChI=1S/C11H19N3O4/c1-3-18-10(16)7-12-11(17)14-6-4-5-13(2)9(15)8-14/h3-8H2,1-2H3,(H,12,17). The lowest BCUT2D eigenvalue weighted by Gasteiger charge is -2.19. The number of nitrogens with zero attached hydrogens (tertiary/aromatic N) is 2. The highest BCUT2D eigenvalue weighted by molar-refractivity contribution is 5.86. The smallest absolute Gasteiger partial charge is 0.325 e. The molecule has 0 aromatic rings. The van der Waals surface area contributed by atoms with E-state index in [-0.39, 0.29) is 25.6 Å². The Morgan fingerprint density at radius 2 is 2.11 bits per heavy atom. The molecule has 0 spiro atoms. The van der Waals surface area contributed by atoms with Gasteiger partial charge in [0.05, 0.1) is 6.61 Å². The van der Waals surface area contributed by atoms with Crippen LogP contribution < -0.4 is 5.32 Å². The molecule has 7 heteroatoms. The van der Waals surface area contributed by atoms with Crippen molar-refractivity contribution >= 4 is 17.9 Å². The number of esters is 1. The van der Waals surface area contributed by atoms with Crippen LogP contribution in [-0.4, -0.2) is 67.5 Å². The average molecular weight is 257 g/mol. The van der Waals surface area contributed by atoms with Crippen LogP contribution in [0.3, 0.4) is 0 Å². The van der Waals surface area contributed by atoms with E-state index in [1.807, 2.05) is 0 Å². The first-order valence-corrected chi connectivity index (χ1v) is 5.97. The summed E-state index contributed by atoms with van der Waals surface area (Å²) in [7, 11) is 1.71. The Morgan fingerprint density at radius 3 is 2.78 bits per heavy atom. The minimum absolute atomic E-state index is 0.0468. The molecule has 0 aliphatic carbocycles. The van der Waals surface area contributed by atoms with Gasteiger partial charge < -0.3 is 19.9 Å². The summed E-state index contributed by atoms with van der Waals surface area (Å²) < 4.78 is 4.70. The van der Waals surface area contributed by atoms with Crippen LogP contribution in [0.4, 0.5) is 4.79 Å². The van der Waals surface area contributed by atoms with Crippen LogP contribution in [0.5, 0.6) is 0 Å². The van der Waals surface area contributed by atoms with Gasteiger partial charge in [0, 0.05) is 20.1 Å². The molecule has 0 radical (unpaired) electrons. The Kier molecular flexibility index (Phi) is 5.41. The van der Waals surface area contributed by atoms with Crippen molar-refractivity contribution in [1.82, 2.24) is 15.1 Å². The summed E-state index contributed by atoms with van der Waals surface area (Å²) in [4.78, 5) is 37.4. The maximum atomic E-state index is 11.7. The molecule has 0 bridgehead atoms. The molecule has 1 aliphatic heterocycles. The van der Waals surface area contributed by atoms with E-state index in [1.165, 1.54) is 4.90 Å². The molecule has 1 rings (SSSR count). The Labute approximate surface area is 106 Å². The third-order valence-electron chi connectivity index (χ3n) is 2.65. The maximum absolute atomic E-state index is 11.7. The van der Waals surface area contributed by atoms with Gasteiger partial charge in [-0.2, -0.15) is 0 Å². The van der Waals surface area contributed by atoms with Crippen LogP contribution >= 0.6 is 0 Å². The fraction of sp³-hybridized carbons (Fsp3) is 0.727. The molecule has 1 fully saturated rings. The van der Waals surface area contributed by atoms with E-state index in [2.05, 4.69) is 5.32 Å². The van der Waals surface area contributed by atoms with E-state index in [9.17, 15) is 14.4 Å². The largest absolute Gasteiger partial charge is 0.465 e. The van der Waals surface area contributed by atoms with Gasteiger partial charge >= 0.3 is 12.0 Å². The molecule has 1 saturated heterocycles. The van der Waals surface area contributed by atoms with Crippen LogP contribution in [0, 0.1) is 0 Å². The quantitative estimate of drug-likeness (QED) is 0.686. The summed E-state index contributed by atoms with van der Waals surface area (Å²) in [6.07, 6.45) is 0.731. The molecule has 1 aliphatic rings. The summed E-state index contributed by atoms with van der Waals surface area (Å²) in [6, 6.07) is -0.410. The van der Waals surface area contributed by atoms with Crippen molar-refractivity contribution in [3.05, 3.63) is 0 Å². The van der Waals surface area contributed by atoms with Crippen molar-refractivity contribution in [2.45, 2.75) is 13.3 Å². The fourth-order valence-corrected chi connectivity index (χ4v) is 1.63. The van der Waals surface area contributed by atoms with Gasteiger partial charge in [-0.25, -0.2) is 4.79 Å². The highest BCUT2D eigenvalue weighted by atomic mass is 16.5. The number of nitrogens with one attached hydrogen (secondary N) is 1. The highest BCUT2D eigenvalue weighted by Crippen LogP contribution is 2.02. The van der Waals surface area contributed by atoms with Crippen LogP contribution in [-0.2, 0) is 14.3 Å². The molecule has 18 heavy (non-hydrogen) atoms. The topological polar surface area (TPSA) is 79.0 Å². The second-order valence-electron chi connectivity index (χ2n) is 4.05. The van der Waals surface area contributed by atoms with Crippen molar-refractivity contribution in [3.63, 3.8) is 0 Å². The minimum Gasteiger partial charge on any atom is -0.465 e. The molecule has 0 unspecified atom stereocenters. The average Bonchev–Trinajstić information content (AvgIpc) is 2.50. The Bertz CT molecular complexity index is 332. The predicted octanol–water partition coefficient (Wildman–Crippen LogP) is -0.577. The molecule has 0 aromatic carbocycles. The Hall–Kier alpha value is -1.79. The van der Waals surface area contributed by atoms with Crippen molar-refractivity contribution in [1.29, 1.82) is 0 Å². The first-order chi connectivity index (χ1) is 8.54. The van der Waals surface area contributed by atoms with Gasteiger partial charge in [-0.3, -0.25) is 9.59 Å². The number of urea groups is 1. The molecule has 0 aromatic heterocycles. The van der Waals surface area contributed by atoms with Gasteiger partial charge in [0.15, 0.2) is 0 Å². The van der Waals surface area contributed by atoms with Gasteiger partial charge in [-0.05, 0) is 13.3 Å². The van der Waals surface area contributed by atoms with Crippen molar-refractivity contribution in [2.75, 3.05) is 39.8 Å². The number of carbonyl (C=O) groups is 3. The molecular weight excluding hydrogens is 238 g/mol. The van der Waals surface area contributed by atoms with E-state index in [0.717, 1.165) is 6.42 Å². The lowest BCUT2D eigenvalue weighted by atomic mass is 10.4. The van der Waals surface area contributed by atoms with Gasteiger partial charge in [0.25, 0.3) is 0 Å².